The number of amides is 3. The number of hydrogen-bond acceptors (Lipinski definition) is 5. The summed E-state index contributed by atoms with van der Waals surface area (Å²) >= 11 is 1.24. The molecule has 2 aromatic carbocycles. The highest BCUT2D eigenvalue weighted by atomic mass is 32.1. The minimum atomic E-state index is -0.901. The Morgan fingerprint density at radius 2 is 1.94 bits per heavy atom. The molecule has 2 aliphatic heterocycles. The summed E-state index contributed by atoms with van der Waals surface area (Å²) in [6.07, 6.45) is 0.759. The number of anilines is 2. The number of nitrogens with one attached hydrogen (secondary N) is 1. The van der Waals surface area contributed by atoms with E-state index in [1.807, 2.05) is 6.92 Å². The Kier molecular flexibility index (Phi) is 4.78. The molecule has 1 saturated heterocycles. The summed E-state index contributed by atoms with van der Waals surface area (Å²) in [5.41, 5.74) is 1.44. The van der Waals surface area contributed by atoms with E-state index in [1.54, 1.807) is 46.7 Å². The molecule has 9 heteroatoms. The second kappa shape index (κ2) is 7.52. The van der Waals surface area contributed by atoms with Crippen LogP contribution in [-0.4, -0.2) is 39.8 Å². The second-order valence-corrected chi connectivity index (χ2v) is 8.81. The van der Waals surface area contributed by atoms with Crippen LogP contribution in [0.3, 0.4) is 0 Å². The Morgan fingerprint density at radius 3 is 2.72 bits per heavy atom. The van der Waals surface area contributed by atoms with Crippen LogP contribution in [0.4, 0.5) is 15.2 Å². The molecular formula is C23H19FN4O3S. The largest absolute Gasteiger partial charge is 0.306 e. The average molecular weight is 450 g/mol. The standard InChI is InChI=1S/C23H19FN4O3S/c1-23-11-10-20(30)28(23)18-5-3-2-4-16(18)21(31)27(23)12-19(29)26-22-25-17(13-32-22)14-6-8-15(24)9-7-14/h2-9,13H,10-12H2,1H3,(H,25,26,29). The zero-order valence-electron chi connectivity index (χ0n) is 17.2. The van der Waals surface area contributed by atoms with Gasteiger partial charge in [0.2, 0.25) is 11.8 Å². The topological polar surface area (TPSA) is 82.6 Å². The zero-order valence-corrected chi connectivity index (χ0v) is 18.0. The lowest BCUT2D eigenvalue weighted by Gasteiger charge is -2.48. The van der Waals surface area contributed by atoms with E-state index in [0.717, 1.165) is 5.56 Å². The Morgan fingerprint density at radius 1 is 1.19 bits per heavy atom. The van der Waals surface area contributed by atoms with Gasteiger partial charge in [-0.15, -0.1) is 11.3 Å². The van der Waals surface area contributed by atoms with Crippen LogP contribution in [0.2, 0.25) is 0 Å². The van der Waals surface area contributed by atoms with Gasteiger partial charge >= 0.3 is 0 Å². The summed E-state index contributed by atoms with van der Waals surface area (Å²) in [7, 11) is 0. The first-order valence-corrected chi connectivity index (χ1v) is 11.0. The molecule has 5 rings (SSSR count). The Labute approximate surface area is 187 Å². The van der Waals surface area contributed by atoms with Crippen molar-refractivity contribution in [3.63, 3.8) is 0 Å². The lowest BCUT2D eigenvalue weighted by molar-refractivity contribution is -0.120. The molecular weight excluding hydrogens is 431 g/mol. The smallest absolute Gasteiger partial charge is 0.258 e. The van der Waals surface area contributed by atoms with Gasteiger partial charge in [-0.2, -0.15) is 0 Å². The van der Waals surface area contributed by atoms with Crippen LogP contribution >= 0.6 is 11.3 Å². The molecule has 7 nitrogen and oxygen atoms in total. The number of para-hydroxylation sites is 1. The maximum Gasteiger partial charge on any atom is 0.258 e. The molecule has 3 aromatic rings. The normalized spacial score (nSPS) is 19.7. The second-order valence-electron chi connectivity index (χ2n) is 7.95. The summed E-state index contributed by atoms with van der Waals surface area (Å²) < 4.78 is 13.1. The van der Waals surface area contributed by atoms with Gasteiger partial charge in [-0.05, 0) is 49.7 Å². The highest BCUT2D eigenvalue weighted by Gasteiger charge is 2.53. The number of halogens is 1. The molecule has 1 atom stereocenters. The maximum atomic E-state index is 13.2. The lowest BCUT2D eigenvalue weighted by atomic mass is 9.98. The molecule has 0 bridgehead atoms. The number of rotatable bonds is 4. The number of nitrogens with zero attached hydrogens (tertiary/aromatic N) is 3. The highest BCUT2D eigenvalue weighted by molar-refractivity contribution is 7.14. The Balaban J connectivity index is 1.37. The number of carbonyl (C=O) groups is 3. The minimum absolute atomic E-state index is 0.0679. The van der Waals surface area contributed by atoms with E-state index in [1.165, 1.54) is 28.4 Å². The van der Waals surface area contributed by atoms with Gasteiger partial charge < -0.3 is 10.2 Å². The third-order valence-corrected chi connectivity index (χ3v) is 6.70. The molecule has 1 N–H and O–H groups in total. The minimum Gasteiger partial charge on any atom is -0.306 e. The van der Waals surface area contributed by atoms with Crippen LogP contribution in [0.5, 0.6) is 0 Å². The number of benzene rings is 2. The van der Waals surface area contributed by atoms with Crippen LogP contribution in [-0.2, 0) is 9.59 Å². The number of fused-ring (bicyclic) bond motifs is 3. The predicted octanol–water partition coefficient (Wildman–Crippen LogP) is 3.89. The van der Waals surface area contributed by atoms with Gasteiger partial charge in [0.15, 0.2) is 5.13 Å². The van der Waals surface area contributed by atoms with Crippen LogP contribution < -0.4 is 10.2 Å². The van der Waals surface area contributed by atoms with Gasteiger partial charge in [-0.3, -0.25) is 19.3 Å². The van der Waals surface area contributed by atoms with Gasteiger partial charge in [0, 0.05) is 17.4 Å². The van der Waals surface area contributed by atoms with E-state index in [0.29, 0.717) is 34.9 Å². The van der Waals surface area contributed by atoms with E-state index < -0.39 is 11.6 Å². The van der Waals surface area contributed by atoms with Crippen LogP contribution in [0, 0.1) is 5.82 Å². The molecule has 162 valence electrons. The van der Waals surface area contributed by atoms with Gasteiger partial charge in [-0.1, -0.05) is 12.1 Å². The van der Waals surface area contributed by atoms with Crippen molar-refractivity contribution < 1.29 is 18.8 Å². The fourth-order valence-corrected chi connectivity index (χ4v) is 5.06. The molecule has 3 amide bonds. The summed E-state index contributed by atoms with van der Waals surface area (Å²) in [6, 6.07) is 12.9. The maximum absolute atomic E-state index is 13.2. The van der Waals surface area contributed by atoms with E-state index in [9.17, 15) is 18.8 Å². The molecule has 1 aromatic heterocycles. The van der Waals surface area contributed by atoms with Crippen molar-refractivity contribution >= 4 is 39.9 Å². The first kappa shape index (κ1) is 20.3. The fourth-order valence-electron chi connectivity index (χ4n) is 4.33. The van der Waals surface area contributed by atoms with Gasteiger partial charge in [-0.25, -0.2) is 9.37 Å². The van der Waals surface area contributed by atoms with Crippen LogP contribution in [0.1, 0.15) is 30.1 Å². The molecule has 1 fully saturated rings. The first-order chi connectivity index (χ1) is 15.4. The molecule has 3 heterocycles. The van der Waals surface area contributed by atoms with Crippen molar-refractivity contribution in [2.24, 2.45) is 0 Å². The van der Waals surface area contributed by atoms with E-state index in [4.69, 9.17) is 0 Å². The molecule has 0 aliphatic carbocycles. The molecule has 0 saturated carbocycles. The SMILES string of the molecule is CC12CCC(=O)N1c1ccccc1C(=O)N2CC(=O)Nc1nc(-c2ccc(F)cc2)cs1. The molecule has 0 radical (unpaired) electrons. The van der Waals surface area contributed by atoms with E-state index in [2.05, 4.69) is 10.3 Å². The molecule has 2 aliphatic rings. The van der Waals surface area contributed by atoms with Crippen LogP contribution in [0.25, 0.3) is 11.3 Å². The number of hydrogen-bond donors (Lipinski definition) is 1. The molecule has 0 spiro atoms. The number of thiazole rings is 1. The summed E-state index contributed by atoms with van der Waals surface area (Å²) in [5, 5.41) is 4.89. The van der Waals surface area contributed by atoms with Gasteiger partial charge in [0.05, 0.1) is 16.9 Å². The zero-order chi connectivity index (χ0) is 22.5. The highest BCUT2D eigenvalue weighted by Crippen LogP contribution is 2.43. The van der Waals surface area contributed by atoms with Gasteiger partial charge in [0.1, 0.15) is 18.0 Å². The van der Waals surface area contributed by atoms with Crippen molar-refractivity contribution in [2.45, 2.75) is 25.4 Å². The third kappa shape index (κ3) is 3.25. The van der Waals surface area contributed by atoms with Crippen molar-refractivity contribution in [3.05, 3.63) is 65.3 Å². The first-order valence-electron chi connectivity index (χ1n) is 10.1. The summed E-state index contributed by atoms with van der Waals surface area (Å²) in [4.78, 5) is 46.2. The van der Waals surface area contributed by atoms with Gasteiger partial charge in [0.25, 0.3) is 5.91 Å². The molecule has 1 unspecified atom stereocenters. The van der Waals surface area contributed by atoms with Crippen LogP contribution in [0.15, 0.2) is 53.9 Å². The lowest BCUT2D eigenvalue weighted by Crippen LogP contribution is -2.63. The molecule has 32 heavy (non-hydrogen) atoms. The van der Waals surface area contributed by atoms with Crippen molar-refractivity contribution in [1.82, 2.24) is 9.88 Å². The quantitative estimate of drug-likeness (QED) is 0.654. The van der Waals surface area contributed by atoms with Crippen molar-refractivity contribution in [3.8, 4) is 11.3 Å². The monoisotopic (exact) mass is 450 g/mol. The summed E-state index contributed by atoms with van der Waals surface area (Å²) in [6.45, 7) is 1.61. The van der Waals surface area contributed by atoms with Crippen molar-refractivity contribution in [2.75, 3.05) is 16.8 Å². The van der Waals surface area contributed by atoms with E-state index >= 15 is 0 Å². The average Bonchev–Trinajstić information content (AvgIpc) is 3.36. The fraction of sp³-hybridized carbons (Fsp3) is 0.217. The third-order valence-electron chi connectivity index (χ3n) is 5.94. The Bertz CT molecular complexity index is 1240. The number of carbonyl (C=O) groups excluding carboxylic acids is 3. The summed E-state index contributed by atoms with van der Waals surface area (Å²) in [5.74, 6) is -1.09. The number of aromatic nitrogens is 1. The predicted molar refractivity (Wildman–Crippen MR) is 119 cm³/mol. The van der Waals surface area contributed by atoms with E-state index in [-0.39, 0.29) is 24.2 Å². The van der Waals surface area contributed by atoms with Crippen molar-refractivity contribution in [1.29, 1.82) is 0 Å². The Hall–Kier alpha value is -3.59.